The molecule has 2 heterocycles. The third-order valence-corrected chi connectivity index (χ3v) is 12.5. The fourth-order valence-corrected chi connectivity index (χ4v) is 8.93. The lowest BCUT2D eigenvalue weighted by Gasteiger charge is -2.29. The van der Waals surface area contributed by atoms with Gasteiger partial charge in [-0.3, -0.25) is 19.2 Å². The van der Waals surface area contributed by atoms with E-state index in [1.165, 1.54) is 34.1 Å². The van der Waals surface area contributed by atoms with Crippen LogP contribution in [-0.2, 0) is 19.2 Å². The number of rotatable bonds is 12. The van der Waals surface area contributed by atoms with E-state index in [-0.39, 0.29) is 95.7 Å². The van der Waals surface area contributed by atoms with Crippen molar-refractivity contribution in [2.24, 2.45) is 11.8 Å². The number of amides is 2. The van der Waals surface area contributed by atoms with Crippen LogP contribution in [-0.4, -0.2) is 69.9 Å². The average Bonchev–Trinajstić information content (AvgIpc) is 3.25. The van der Waals surface area contributed by atoms with E-state index in [4.69, 9.17) is 0 Å². The first kappa shape index (κ1) is 44.9. The van der Waals surface area contributed by atoms with Crippen molar-refractivity contribution in [3.63, 3.8) is 0 Å². The third kappa shape index (κ3) is 9.93. The Morgan fingerprint density at radius 1 is 0.574 bits per heavy atom. The lowest BCUT2D eigenvalue weighted by Crippen LogP contribution is -2.39. The number of piperidine rings is 2. The molecule has 0 spiro atoms. The van der Waals surface area contributed by atoms with Crippen molar-refractivity contribution in [2.45, 2.75) is 75.0 Å². The van der Waals surface area contributed by atoms with Gasteiger partial charge in [0.15, 0.2) is 23.3 Å². The summed E-state index contributed by atoms with van der Waals surface area (Å²) < 4.78 is 65.8. The predicted molar refractivity (Wildman–Crippen MR) is 228 cm³/mol. The van der Waals surface area contributed by atoms with Crippen LogP contribution in [0.5, 0.6) is 0 Å². The highest BCUT2D eigenvalue weighted by Gasteiger charge is 2.29. The molecule has 0 atom stereocenters. The Hall–Kier alpha value is -5.69. The van der Waals surface area contributed by atoms with E-state index in [2.05, 4.69) is 0 Å². The summed E-state index contributed by atoms with van der Waals surface area (Å²) in [6.45, 7) is 8.53. The number of carbonyl (C=O) groups is 4. The second-order valence-corrected chi connectivity index (χ2v) is 17.1. The van der Waals surface area contributed by atoms with Gasteiger partial charge in [0.25, 0.3) is 0 Å². The zero-order chi connectivity index (χ0) is 44.1. The molecule has 0 saturated carbocycles. The van der Waals surface area contributed by atoms with E-state index >= 15 is 17.6 Å². The van der Waals surface area contributed by atoms with Crippen LogP contribution < -0.4 is 0 Å². The molecule has 0 radical (unpaired) electrons. The highest BCUT2D eigenvalue weighted by Crippen LogP contribution is 2.44. The number of carboxylic acid groups (broad SMARTS) is 2. The Morgan fingerprint density at radius 2 is 0.918 bits per heavy atom. The van der Waals surface area contributed by atoms with E-state index in [1.807, 2.05) is 52.0 Å². The van der Waals surface area contributed by atoms with Crippen LogP contribution in [0.2, 0.25) is 0 Å². The Morgan fingerprint density at radius 3 is 1.25 bits per heavy atom. The molecule has 320 valence electrons. The molecule has 8 nitrogen and oxygen atoms in total. The Bertz CT molecular complexity index is 2230. The van der Waals surface area contributed by atoms with Crippen LogP contribution >= 0.6 is 11.8 Å². The SMILES string of the molecule is CC(C)c1ccccc1-c1cc(Sc2cc(-c3ccccc3C(C)C)c(C=CC(=O)N3CCC(C(=O)O)CC3)c(F)c2F)c(F)c(F)c1C=CC(=O)N1CCC(C(=O)O)CC1. The zero-order valence-electron chi connectivity index (χ0n) is 34.4. The van der Waals surface area contributed by atoms with Gasteiger partial charge in [0.2, 0.25) is 11.8 Å². The van der Waals surface area contributed by atoms with Gasteiger partial charge in [0.05, 0.1) is 21.6 Å². The lowest BCUT2D eigenvalue weighted by atomic mass is 9.89. The third-order valence-electron chi connectivity index (χ3n) is 11.5. The van der Waals surface area contributed by atoms with E-state index in [9.17, 15) is 29.4 Å². The molecule has 4 aromatic rings. The first-order valence-corrected chi connectivity index (χ1v) is 21.2. The van der Waals surface area contributed by atoms with Gasteiger partial charge in [-0.2, -0.15) is 0 Å². The maximum atomic E-state index is 16.5. The molecule has 2 N–H and O–H groups in total. The quantitative estimate of drug-likeness (QED) is 0.108. The Balaban J connectivity index is 1.43. The fourth-order valence-electron chi connectivity index (χ4n) is 7.98. The van der Waals surface area contributed by atoms with Gasteiger partial charge < -0.3 is 20.0 Å². The summed E-state index contributed by atoms with van der Waals surface area (Å²) in [5.74, 6) is -9.38. The Kier molecular flexibility index (Phi) is 14.2. The molecule has 2 saturated heterocycles. The van der Waals surface area contributed by atoms with Crippen molar-refractivity contribution in [1.82, 2.24) is 9.80 Å². The number of likely N-dealkylation sites (tertiary alicyclic amines) is 2. The van der Waals surface area contributed by atoms with Gasteiger partial charge in [-0.1, -0.05) is 88.0 Å². The minimum atomic E-state index is -1.34. The van der Waals surface area contributed by atoms with E-state index in [1.54, 1.807) is 24.3 Å². The van der Waals surface area contributed by atoms with Gasteiger partial charge in [0, 0.05) is 49.5 Å². The van der Waals surface area contributed by atoms with Crippen LogP contribution in [0.4, 0.5) is 17.6 Å². The van der Waals surface area contributed by atoms with Gasteiger partial charge in [0.1, 0.15) is 0 Å². The van der Waals surface area contributed by atoms with E-state index < -0.39 is 58.9 Å². The largest absolute Gasteiger partial charge is 0.481 e. The van der Waals surface area contributed by atoms with E-state index in [0.717, 1.165) is 23.3 Å². The second-order valence-electron chi connectivity index (χ2n) is 16.1. The second kappa shape index (κ2) is 19.4. The molecule has 61 heavy (non-hydrogen) atoms. The van der Waals surface area contributed by atoms with Gasteiger partial charge in [-0.25, -0.2) is 17.6 Å². The van der Waals surface area contributed by atoms with Crippen molar-refractivity contribution < 1.29 is 47.0 Å². The highest BCUT2D eigenvalue weighted by molar-refractivity contribution is 7.99. The smallest absolute Gasteiger partial charge is 0.306 e. The number of carboxylic acids is 2. The molecule has 6 rings (SSSR count). The summed E-state index contributed by atoms with van der Waals surface area (Å²) in [6, 6.07) is 17.0. The molecule has 0 aromatic heterocycles. The maximum Gasteiger partial charge on any atom is 0.306 e. The normalized spacial score (nSPS) is 15.4. The summed E-state index contributed by atoms with van der Waals surface area (Å²) in [7, 11) is 0. The number of benzene rings is 4. The van der Waals surface area contributed by atoms with Crippen LogP contribution in [0.15, 0.2) is 82.6 Å². The highest BCUT2D eigenvalue weighted by atomic mass is 32.2. The van der Waals surface area contributed by atoms with Crippen LogP contribution in [0, 0.1) is 35.1 Å². The number of nitrogens with zero attached hydrogens (tertiary/aromatic N) is 2. The van der Waals surface area contributed by atoms with Crippen molar-refractivity contribution in [2.75, 3.05) is 26.2 Å². The number of hydrogen-bond acceptors (Lipinski definition) is 5. The molecular formula is C48H48F4N2O6S. The zero-order valence-corrected chi connectivity index (χ0v) is 35.2. The Labute approximate surface area is 357 Å². The standard InChI is InChI=1S/C48H48F4N2O6S/c1-27(2)31-9-5-7-11-33(31)37-25-39(45(51)43(49)35(37)13-15-41(55)53-21-17-29(18-22-53)47(57)58)61-40-26-38(34-12-8-6-10-32(34)28(3)4)36(44(50)46(40)52)14-16-42(56)54-23-19-30(20-24-54)48(59)60/h5-16,25-30H,17-24H2,1-4H3,(H,57,58)(H,59,60). The first-order valence-electron chi connectivity index (χ1n) is 20.4. The van der Waals surface area contributed by atoms with Crippen LogP contribution in [0.3, 0.4) is 0 Å². The maximum absolute atomic E-state index is 16.5. The molecular weight excluding hydrogens is 809 g/mol. The summed E-state index contributed by atoms with van der Waals surface area (Å²) in [6.07, 6.45) is 5.73. The van der Waals surface area contributed by atoms with Crippen molar-refractivity contribution in [3.8, 4) is 22.3 Å². The number of hydrogen-bond donors (Lipinski definition) is 2. The average molecular weight is 857 g/mol. The first-order chi connectivity index (χ1) is 29.1. The fraction of sp³-hybridized carbons (Fsp3) is 0.333. The van der Waals surface area contributed by atoms with Crippen LogP contribution in [0.25, 0.3) is 34.4 Å². The molecule has 13 heteroatoms. The summed E-state index contributed by atoms with van der Waals surface area (Å²) in [5.41, 5.74) is 2.67. The van der Waals surface area contributed by atoms with Crippen molar-refractivity contribution >= 4 is 47.7 Å². The van der Waals surface area contributed by atoms with Gasteiger partial charge in [-0.05, 0) is 95.2 Å². The molecule has 4 aromatic carbocycles. The monoisotopic (exact) mass is 856 g/mol. The molecule has 0 aliphatic carbocycles. The molecule has 0 bridgehead atoms. The molecule has 2 aliphatic rings. The summed E-state index contributed by atoms with van der Waals surface area (Å²) in [5, 5.41) is 18.7. The number of halogens is 4. The summed E-state index contributed by atoms with van der Waals surface area (Å²) in [4.78, 5) is 51.6. The number of aliphatic carboxylic acids is 2. The minimum absolute atomic E-state index is 0.0615. The van der Waals surface area contributed by atoms with Crippen molar-refractivity contribution in [1.29, 1.82) is 0 Å². The van der Waals surface area contributed by atoms with Gasteiger partial charge in [-0.15, -0.1) is 0 Å². The predicted octanol–water partition coefficient (Wildman–Crippen LogP) is 10.6. The summed E-state index contributed by atoms with van der Waals surface area (Å²) >= 11 is 0.508. The topological polar surface area (TPSA) is 115 Å². The van der Waals surface area contributed by atoms with E-state index in [0.29, 0.717) is 22.9 Å². The molecule has 2 aliphatic heterocycles. The van der Waals surface area contributed by atoms with Crippen LogP contribution in [0.1, 0.15) is 87.5 Å². The number of carbonyl (C=O) groups excluding carboxylic acids is 2. The molecule has 2 amide bonds. The molecule has 2 fully saturated rings. The molecule has 0 unspecified atom stereocenters. The van der Waals surface area contributed by atoms with Gasteiger partial charge >= 0.3 is 11.9 Å². The van der Waals surface area contributed by atoms with Crippen molar-refractivity contribution in [3.05, 3.63) is 118 Å². The lowest BCUT2D eigenvalue weighted by molar-refractivity contribution is -0.145. The minimum Gasteiger partial charge on any atom is -0.481 e.